The lowest BCUT2D eigenvalue weighted by Gasteiger charge is -2.37. The first-order chi connectivity index (χ1) is 18.2. The molecule has 2 atom stereocenters. The van der Waals surface area contributed by atoms with Crippen LogP contribution in [0, 0.1) is 12.3 Å². The summed E-state index contributed by atoms with van der Waals surface area (Å²) in [6.07, 6.45) is 9.64. The number of rotatable bonds is 6. The zero-order valence-electron chi connectivity index (χ0n) is 21.7. The number of anilines is 2. The van der Waals surface area contributed by atoms with Crippen LogP contribution in [0.4, 0.5) is 11.5 Å². The van der Waals surface area contributed by atoms with Crippen molar-refractivity contribution in [2.75, 3.05) is 56.2 Å². The van der Waals surface area contributed by atoms with Gasteiger partial charge in [0.25, 0.3) is 0 Å². The van der Waals surface area contributed by atoms with Crippen molar-refractivity contribution < 1.29 is 4.74 Å². The van der Waals surface area contributed by atoms with Crippen LogP contribution in [-0.4, -0.2) is 73.3 Å². The lowest BCUT2D eigenvalue weighted by molar-refractivity contribution is 0.187. The molecule has 3 aromatic rings. The van der Waals surface area contributed by atoms with Crippen LogP contribution in [0.1, 0.15) is 30.5 Å². The Labute approximate surface area is 219 Å². The van der Waals surface area contributed by atoms with Crippen molar-refractivity contribution in [3.63, 3.8) is 0 Å². The van der Waals surface area contributed by atoms with E-state index in [1.165, 1.54) is 28.4 Å². The van der Waals surface area contributed by atoms with E-state index in [0.717, 1.165) is 70.0 Å². The normalized spacial score (nSPS) is 22.2. The summed E-state index contributed by atoms with van der Waals surface area (Å²) in [6, 6.07) is 16.4. The third kappa shape index (κ3) is 4.96. The number of ether oxygens (including phenoxy) is 1. The number of hydrogen-bond acceptors (Lipinski definition) is 7. The van der Waals surface area contributed by atoms with Gasteiger partial charge < -0.3 is 24.8 Å². The molecule has 0 radical (unpaired) electrons. The Morgan fingerprint density at radius 2 is 1.97 bits per heavy atom. The van der Waals surface area contributed by atoms with Gasteiger partial charge in [-0.3, -0.25) is 0 Å². The molecule has 0 bridgehead atoms. The molecule has 0 amide bonds. The summed E-state index contributed by atoms with van der Waals surface area (Å²) in [7, 11) is 2.18. The van der Waals surface area contributed by atoms with Crippen LogP contribution in [0.2, 0.25) is 0 Å². The summed E-state index contributed by atoms with van der Waals surface area (Å²) in [5.41, 5.74) is 3.59. The fraction of sp³-hybridized carbons (Fsp3) is 0.467. The molecule has 7 nitrogen and oxygen atoms in total. The fourth-order valence-corrected chi connectivity index (χ4v) is 6.06. The summed E-state index contributed by atoms with van der Waals surface area (Å²) in [4.78, 5) is 17.2. The molecule has 0 saturated carbocycles. The van der Waals surface area contributed by atoms with Crippen molar-refractivity contribution in [2.24, 2.45) is 0 Å². The molecule has 0 unspecified atom stereocenters. The Morgan fingerprint density at radius 3 is 2.84 bits per heavy atom. The fourth-order valence-electron chi connectivity index (χ4n) is 6.06. The molecule has 3 aliphatic rings. The monoisotopic (exact) mass is 496 g/mol. The first-order valence-electron chi connectivity index (χ1n) is 13.6. The first kappa shape index (κ1) is 24.0. The van der Waals surface area contributed by atoms with Gasteiger partial charge in [0.2, 0.25) is 0 Å². The minimum Gasteiger partial charge on any atom is -0.462 e. The van der Waals surface area contributed by atoms with Crippen molar-refractivity contribution in [3.05, 3.63) is 53.7 Å². The maximum absolute atomic E-state index is 6.29. The second kappa shape index (κ2) is 10.6. The topological polar surface area (TPSA) is 56.8 Å². The standard InChI is InChI=1S/C30H36N6O/c1-3-8-23-19-36(18-15-31-23)29-26-14-17-35(28-13-6-10-22-9-4-5-12-25(22)28)20-27(26)32-30(33-29)37-21-24-11-7-16-34(24)2/h1,4-6,9-10,12-13,23-24,31H,7-8,11,14-21H2,2H3/t23-,24-/m0/s1. The first-order valence-corrected chi connectivity index (χ1v) is 13.6. The number of hydrogen-bond donors (Lipinski definition) is 1. The maximum Gasteiger partial charge on any atom is 0.318 e. The maximum atomic E-state index is 6.29. The smallest absolute Gasteiger partial charge is 0.318 e. The largest absolute Gasteiger partial charge is 0.462 e. The van der Waals surface area contributed by atoms with E-state index in [9.17, 15) is 0 Å². The number of fused-ring (bicyclic) bond motifs is 2. The molecule has 192 valence electrons. The van der Waals surface area contributed by atoms with Gasteiger partial charge in [-0.2, -0.15) is 9.97 Å². The highest BCUT2D eigenvalue weighted by molar-refractivity contribution is 5.94. The predicted octanol–water partition coefficient (Wildman–Crippen LogP) is 3.47. The minimum absolute atomic E-state index is 0.275. The van der Waals surface area contributed by atoms with Gasteiger partial charge >= 0.3 is 6.01 Å². The van der Waals surface area contributed by atoms with Crippen LogP contribution in [0.5, 0.6) is 6.01 Å². The Balaban J connectivity index is 1.32. The average molecular weight is 497 g/mol. The Bertz CT molecular complexity index is 1300. The molecule has 7 heteroatoms. The number of terminal acetylenes is 1. The van der Waals surface area contributed by atoms with E-state index in [-0.39, 0.29) is 6.04 Å². The number of nitrogens with zero attached hydrogens (tertiary/aromatic N) is 5. The van der Waals surface area contributed by atoms with Gasteiger partial charge in [-0.15, -0.1) is 12.3 Å². The van der Waals surface area contributed by atoms with Crippen LogP contribution in [0.25, 0.3) is 10.8 Å². The zero-order chi connectivity index (χ0) is 25.2. The van der Waals surface area contributed by atoms with Crippen molar-refractivity contribution in [2.45, 2.75) is 44.3 Å². The van der Waals surface area contributed by atoms with E-state index in [0.29, 0.717) is 18.7 Å². The summed E-state index contributed by atoms with van der Waals surface area (Å²) in [6.45, 7) is 6.09. The number of piperazine rings is 1. The molecule has 1 aromatic heterocycles. The minimum atomic E-state index is 0.275. The molecule has 2 saturated heterocycles. The van der Waals surface area contributed by atoms with Crippen molar-refractivity contribution in [3.8, 4) is 18.4 Å². The van der Waals surface area contributed by atoms with Gasteiger partial charge in [0.15, 0.2) is 0 Å². The highest BCUT2D eigenvalue weighted by Crippen LogP contribution is 2.34. The molecule has 2 aromatic carbocycles. The van der Waals surface area contributed by atoms with E-state index in [2.05, 4.69) is 75.4 Å². The van der Waals surface area contributed by atoms with Gasteiger partial charge in [0.05, 0.1) is 12.2 Å². The van der Waals surface area contributed by atoms with E-state index in [1.54, 1.807) is 0 Å². The second-order valence-electron chi connectivity index (χ2n) is 10.5. The van der Waals surface area contributed by atoms with Crippen LogP contribution in [-0.2, 0) is 13.0 Å². The third-order valence-electron chi connectivity index (χ3n) is 8.13. The Morgan fingerprint density at radius 1 is 1.08 bits per heavy atom. The van der Waals surface area contributed by atoms with Crippen LogP contribution in [0.3, 0.4) is 0 Å². The zero-order valence-corrected chi connectivity index (χ0v) is 21.7. The summed E-state index contributed by atoms with van der Waals surface area (Å²) in [5, 5.41) is 6.10. The lowest BCUT2D eigenvalue weighted by Crippen LogP contribution is -2.51. The second-order valence-corrected chi connectivity index (χ2v) is 10.5. The molecule has 37 heavy (non-hydrogen) atoms. The predicted molar refractivity (Wildman–Crippen MR) is 149 cm³/mol. The molecule has 0 spiro atoms. The van der Waals surface area contributed by atoms with Crippen LogP contribution >= 0.6 is 0 Å². The van der Waals surface area contributed by atoms with E-state index in [1.807, 2.05) is 0 Å². The van der Waals surface area contributed by atoms with Crippen molar-refractivity contribution >= 4 is 22.3 Å². The Kier molecular flexibility index (Phi) is 6.86. The molecular formula is C30H36N6O. The average Bonchev–Trinajstić information content (AvgIpc) is 3.35. The molecule has 4 heterocycles. The summed E-state index contributed by atoms with van der Waals surface area (Å²) >= 11 is 0. The quantitative estimate of drug-likeness (QED) is 0.525. The van der Waals surface area contributed by atoms with Gasteiger partial charge in [0, 0.05) is 61.3 Å². The van der Waals surface area contributed by atoms with Gasteiger partial charge in [0.1, 0.15) is 12.4 Å². The SMILES string of the molecule is C#CC[C@H]1CN(c2nc(OC[C@@H]3CCCN3C)nc3c2CCN(c2cccc4ccccc24)C3)CCN1. The van der Waals surface area contributed by atoms with E-state index < -0.39 is 0 Å². The lowest BCUT2D eigenvalue weighted by atomic mass is 10.0. The van der Waals surface area contributed by atoms with E-state index in [4.69, 9.17) is 21.1 Å². The Hall–Kier alpha value is -3.34. The van der Waals surface area contributed by atoms with Gasteiger partial charge in [-0.1, -0.05) is 36.4 Å². The van der Waals surface area contributed by atoms with Crippen molar-refractivity contribution in [1.82, 2.24) is 20.2 Å². The van der Waals surface area contributed by atoms with Crippen molar-refractivity contribution in [1.29, 1.82) is 0 Å². The van der Waals surface area contributed by atoms with Gasteiger partial charge in [-0.25, -0.2) is 0 Å². The number of nitrogens with one attached hydrogen (secondary N) is 1. The summed E-state index contributed by atoms with van der Waals surface area (Å²) < 4.78 is 6.29. The number of likely N-dealkylation sites (N-methyl/N-ethyl adjacent to an activating group) is 1. The van der Waals surface area contributed by atoms with Crippen LogP contribution < -0.4 is 19.9 Å². The molecule has 2 fully saturated rings. The van der Waals surface area contributed by atoms with E-state index >= 15 is 0 Å². The third-order valence-corrected chi connectivity index (χ3v) is 8.13. The summed E-state index contributed by atoms with van der Waals surface area (Å²) in [5.74, 6) is 3.85. The van der Waals surface area contributed by atoms with Crippen LogP contribution in [0.15, 0.2) is 42.5 Å². The number of benzene rings is 2. The molecular weight excluding hydrogens is 460 g/mol. The highest BCUT2D eigenvalue weighted by Gasteiger charge is 2.29. The number of aromatic nitrogens is 2. The van der Waals surface area contributed by atoms with Gasteiger partial charge in [-0.05, 0) is 44.3 Å². The number of likely N-dealkylation sites (tertiary alicyclic amines) is 1. The molecule has 1 N–H and O–H groups in total. The molecule has 3 aliphatic heterocycles. The highest BCUT2D eigenvalue weighted by atomic mass is 16.5. The molecule has 0 aliphatic carbocycles. The molecule has 6 rings (SSSR count).